The van der Waals surface area contributed by atoms with E-state index in [2.05, 4.69) is 14.7 Å². The number of benzene rings is 1. The topological polar surface area (TPSA) is 143 Å². The number of piperidine rings is 1. The third-order valence-electron chi connectivity index (χ3n) is 7.71. The van der Waals surface area contributed by atoms with Crippen LogP contribution in [0.3, 0.4) is 0 Å². The van der Waals surface area contributed by atoms with Gasteiger partial charge in [0, 0.05) is 12.3 Å². The van der Waals surface area contributed by atoms with Crippen LogP contribution in [0.5, 0.6) is 0 Å². The maximum atomic E-state index is 13.2. The summed E-state index contributed by atoms with van der Waals surface area (Å²) in [6.45, 7) is 7.96. The van der Waals surface area contributed by atoms with Crippen LogP contribution in [0.25, 0.3) is 0 Å². The van der Waals surface area contributed by atoms with Gasteiger partial charge in [0.25, 0.3) is 10.0 Å². The van der Waals surface area contributed by atoms with Crippen molar-refractivity contribution in [2.75, 3.05) is 18.9 Å². The highest BCUT2D eigenvalue weighted by Crippen LogP contribution is 2.37. The van der Waals surface area contributed by atoms with E-state index in [4.69, 9.17) is 9.47 Å². The molecule has 2 unspecified atom stereocenters. The second-order valence-corrected chi connectivity index (χ2v) is 15.6. The van der Waals surface area contributed by atoms with Crippen molar-refractivity contribution in [1.29, 1.82) is 0 Å². The first-order valence-electron chi connectivity index (χ1n) is 13.9. The van der Waals surface area contributed by atoms with E-state index in [1.165, 1.54) is 0 Å². The molecule has 224 valence electrons. The second-order valence-electron chi connectivity index (χ2n) is 12.1. The van der Waals surface area contributed by atoms with Gasteiger partial charge in [-0.2, -0.15) is 13.5 Å². The lowest BCUT2D eigenvalue weighted by Gasteiger charge is -2.51. The number of ether oxygens (including phenoxy) is 2. The first-order valence-corrected chi connectivity index (χ1v) is 17.1. The van der Waals surface area contributed by atoms with Crippen molar-refractivity contribution in [3.05, 3.63) is 29.8 Å². The Bertz CT molecular complexity index is 1290. The first kappa shape index (κ1) is 30.7. The van der Waals surface area contributed by atoms with E-state index < -0.39 is 43.3 Å². The minimum absolute atomic E-state index is 0.0766. The fourth-order valence-corrected chi connectivity index (χ4v) is 8.13. The van der Waals surface area contributed by atoms with E-state index in [0.29, 0.717) is 57.9 Å². The van der Waals surface area contributed by atoms with Crippen LogP contribution in [-0.2, 0) is 29.5 Å². The molecule has 0 bridgehead atoms. The van der Waals surface area contributed by atoms with Gasteiger partial charge >= 0.3 is 6.09 Å². The van der Waals surface area contributed by atoms with E-state index in [9.17, 15) is 21.6 Å². The SMILES string of the molecule is Cc1ccc(S(=O)(=O)NN=C2CCC(OCC3N(C(=O)OC(C)(C)C)CCCC34CCCS(=O)(=O)N4)CC2)cc1. The summed E-state index contributed by atoms with van der Waals surface area (Å²) >= 11 is 0. The molecule has 1 amide bonds. The molecule has 1 spiro atoms. The van der Waals surface area contributed by atoms with Crippen LogP contribution in [-0.4, -0.2) is 75.7 Å². The minimum Gasteiger partial charge on any atom is -0.444 e. The Kier molecular flexibility index (Phi) is 9.18. The molecule has 2 atom stereocenters. The van der Waals surface area contributed by atoms with Gasteiger partial charge < -0.3 is 14.4 Å². The summed E-state index contributed by atoms with van der Waals surface area (Å²) in [5.41, 5.74) is 0.249. The molecular weight excluding hydrogens is 556 g/mol. The molecular formula is C27H42N4O7S2. The molecule has 1 aromatic rings. The number of hydrogen-bond donors (Lipinski definition) is 2. The number of aryl methyl sites for hydroxylation is 1. The smallest absolute Gasteiger partial charge is 0.410 e. The molecule has 2 saturated heterocycles. The summed E-state index contributed by atoms with van der Waals surface area (Å²) in [4.78, 5) is 17.3. The fraction of sp³-hybridized carbons (Fsp3) is 0.704. The van der Waals surface area contributed by atoms with Gasteiger partial charge in [0.15, 0.2) is 0 Å². The number of rotatable bonds is 6. The lowest BCUT2D eigenvalue weighted by molar-refractivity contribution is -0.0549. The standard InChI is InChI=1S/C27H42N4O7S2/c1-20-7-13-23(14-8-20)40(35,36)30-28-21-9-11-22(12-10-21)37-19-24-27(16-6-18-39(33,34)29-27)15-5-17-31(24)25(32)38-26(2,3)4/h7-8,13-14,22,24,29-30H,5-6,9-12,15-19H2,1-4H3. The Balaban J connectivity index is 1.40. The normalized spacial score (nSPS) is 27.3. The Labute approximate surface area is 238 Å². The van der Waals surface area contributed by atoms with Gasteiger partial charge in [-0.3, -0.25) is 0 Å². The summed E-state index contributed by atoms with van der Waals surface area (Å²) in [5, 5.41) is 4.17. The average Bonchev–Trinajstić information content (AvgIpc) is 2.86. The number of nitrogens with zero attached hydrogens (tertiary/aromatic N) is 2. The zero-order valence-electron chi connectivity index (χ0n) is 23.8. The Morgan fingerprint density at radius 1 is 1.15 bits per heavy atom. The zero-order chi connectivity index (χ0) is 29.2. The fourth-order valence-electron chi connectivity index (χ4n) is 5.70. The monoisotopic (exact) mass is 598 g/mol. The Morgan fingerprint density at radius 2 is 1.80 bits per heavy atom. The summed E-state index contributed by atoms with van der Waals surface area (Å²) in [5.74, 6) is 0.0766. The third kappa shape index (κ3) is 7.74. The first-order chi connectivity index (χ1) is 18.7. The molecule has 2 heterocycles. The molecule has 13 heteroatoms. The number of nitrogens with one attached hydrogen (secondary N) is 2. The molecule has 0 radical (unpaired) electrons. The summed E-state index contributed by atoms with van der Waals surface area (Å²) in [6.07, 6.45) is 4.28. The van der Waals surface area contributed by atoms with Gasteiger partial charge in [0.2, 0.25) is 10.0 Å². The number of hydrogen-bond acceptors (Lipinski definition) is 8. The van der Waals surface area contributed by atoms with Crippen LogP contribution in [0.4, 0.5) is 4.79 Å². The van der Waals surface area contributed by atoms with Crippen LogP contribution >= 0.6 is 0 Å². The number of carbonyl (C=O) groups excluding carboxylic acids is 1. The molecule has 3 aliphatic rings. The van der Waals surface area contributed by atoms with Crippen molar-refractivity contribution in [2.24, 2.45) is 5.10 Å². The van der Waals surface area contributed by atoms with Crippen LogP contribution in [0.1, 0.15) is 77.7 Å². The number of amides is 1. The number of sulfonamides is 2. The zero-order valence-corrected chi connectivity index (χ0v) is 25.4. The van der Waals surface area contributed by atoms with E-state index in [1.807, 2.05) is 27.7 Å². The van der Waals surface area contributed by atoms with Crippen molar-refractivity contribution < 1.29 is 31.1 Å². The molecule has 1 aliphatic carbocycles. The summed E-state index contributed by atoms with van der Waals surface area (Å²) in [6, 6.07) is 6.08. The van der Waals surface area contributed by atoms with Gasteiger partial charge in [-0.05, 0) is 91.2 Å². The highest BCUT2D eigenvalue weighted by Gasteiger charge is 2.51. The van der Waals surface area contributed by atoms with Crippen LogP contribution in [0.2, 0.25) is 0 Å². The quantitative estimate of drug-likeness (QED) is 0.478. The third-order valence-corrected chi connectivity index (χ3v) is 10.5. The van der Waals surface area contributed by atoms with Crippen molar-refractivity contribution in [1.82, 2.24) is 14.5 Å². The van der Waals surface area contributed by atoms with Crippen LogP contribution in [0, 0.1) is 6.92 Å². The van der Waals surface area contributed by atoms with Gasteiger partial charge in [-0.25, -0.2) is 22.8 Å². The minimum atomic E-state index is -3.74. The molecule has 0 aromatic heterocycles. The van der Waals surface area contributed by atoms with Gasteiger partial charge in [-0.1, -0.05) is 17.7 Å². The largest absolute Gasteiger partial charge is 0.444 e. The molecule has 1 aromatic carbocycles. The predicted octanol–water partition coefficient (Wildman–Crippen LogP) is 3.44. The maximum absolute atomic E-state index is 13.2. The van der Waals surface area contributed by atoms with Crippen LogP contribution < -0.4 is 9.55 Å². The van der Waals surface area contributed by atoms with Gasteiger partial charge in [0.05, 0.1) is 34.9 Å². The molecule has 3 fully saturated rings. The summed E-state index contributed by atoms with van der Waals surface area (Å²) in [7, 11) is -7.20. The van der Waals surface area contributed by atoms with E-state index in [1.54, 1.807) is 29.2 Å². The van der Waals surface area contributed by atoms with Crippen molar-refractivity contribution in [3.63, 3.8) is 0 Å². The van der Waals surface area contributed by atoms with Gasteiger partial charge in [-0.15, -0.1) is 0 Å². The average molecular weight is 599 g/mol. The molecule has 11 nitrogen and oxygen atoms in total. The van der Waals surface area contributed by atoms with Crippen molar-refractivity contribution in [3.8, 4) is 0 Å². The highest BCUT2D eigenvalue weighted by atomic mass is 32.2. The number of carbonyl (C=O) groups is 1. The molecule has 2 N–H and O–H groups in total. The van der Waals surface area contributed by atoms with Gasteiger partial charge in [0.1, 0.15) is 5.60 Å². The summed E-state index contributed by atoms with van der Waals surface area (Å²) < 4.78 is 65.2. The molecule has 40 heavy (non-hydrogen) atoms. The van der Waals surface area contributed by atoms with E-state index in [0.717, 1.165) is 11.3 Å². The molecule has 4 rings (SSSR count). The lowest BCUT2D eigenvalue weighted by atomic mass is 9.78. The Morgan fingerprint density at radius 3 is 2.42 bits per heavy atom. The number of hydrazone groups is 1. The van der Waals surface area contributed by atoms with Crippen LogP contribution in [0.15, 0.2) is 34.3 Å². The van der Waals surface area contributed by atoms with Crippen molar-refractivity contribution >= 4 is 31.9 Å². The second kappa shape index (κ2) is 11.9. The van der Waals surface area contributed by atoms with E-state index in [-0.39, 0.29) is 23.4 Å². The molecule has 1 saturated carbocycles. The predicted molar refractivity (Wildman–Crippen MR) is 152 cm³/mol. The maximum Gasteiger partial charge on any atom is 0.410 e. The lowest BCUT2D eigenvalue weighted by Crippen LogP contribution is -2.69. The Hall–Kier alpha value is -2.22. The van der Waals surface area contributed by atoms with Crippen molar-refractivity contribution in [2.45, 2.75) is 107 Å². The highest BCUT2D eigenvalue weighted by molar-refractivity contribution is 7.89. The van der Waals surface area contributed by atoms with E-state index >= 15 is 0 Å². The number of likely N-dealkylation sites (tertiary alicyclic amines) is 1. The molecule has 2 aliphatic heterocycles.